The predicted octanol–water partition coefficient (Wildman–Crippen LogP) is 2.02. The summed E-state index contributed by atoms with van der Waals surface area (Å²) in [6.45, 7) is 3.33. The lowest BCUT2D eigenvalue weighted by molar-refractivity contribution is 0.0699. The average Bonchev–Trinajstić information content (AvgIpc) is 2.71. The first-order chi connectivity index (χ1) is 8.22. The smallest absolute Gasteiger partial charge is 0.337 e. The zero-order chi connectivity index (χ0) is 12.3. The highest BCUT2D eigenvalue weighted by molar-refractivity contribution is 6.00. The van der Waals surface area contributed by atoms with E-state index in [1.165, 1.54) is 6.07 Å². The Morgan fingerprint density at radius 1 is 1.59 bits per heavy atom. The molecule has 17 heavy (non-hydrogen) atoms. The number of aliphatic imine (C=N–C) groups is 1. The first-order valence-corrected chi connectivity index (χ1v) is 5.04. The molecule has 0 spiro atoms. The monoisotopic (exact) mass is 229 g/mol. The molecular formula is C12H11N3O2. The maximum absolute atomic E-state index is 11.0. The summed E-state index contributed by atoms with van der Waals surface area (Å²) in [7, 11) is 0. The van der Waals surface area contributed by atoms with Crippen molar-refractivity contribution in [1.29, 1.82) is 0 Å². The number of aromatic carboxylic acids is 1. The van der Waals surface area contributed by atoms with Gasteiger partial charge in [0.2, 0.25) is 0 Å². The molecule has 5 nitrogen and oxygen atoms in total. The van der Waals surface area contributed by atoms with Gasteiger partial charge in [-0.3, -0.25) is 4.99 Å². The van der Waals surface area contributed by atoms with Crippen LogP contribution in [0.2, 0.25) is 0 Å². The number of carboxylic acids is 1. The summed E-state index contributed by atoms with van der Waals surface area (Å²) >= 11 is 0. The number of para-hydroxylation sites is 1. The second-order valence-electron chi connectivity index (χ2n) is 3.46. The molecule has 0 bridgehead atoms. The van der Waals surface area contributed by atoms with Gasteiger partial charge in [-0.25, -0.2) is 9.78 Å². The van der Waals surface area contributed by atoms with Crippen LogP contribution < -0.4 is 0 Å². The molecule has 1 heterocycles. The second kappa shape index (κ2) is 4.61. The van der Waals surface area contributed by atoms with Crippen LogP contribution in [0.4, 0.5) is 0 Å². The Morgan fingerprint density at radius 3 is 3.12 bits per heavy atom. The lowest BCUT2D eigenvalue weighted by Crippen LogP contribution is -1.96. The van der Waals surface area contributed by atoms with Crippen molar-refractivity contribution in [3.05, 3.63) is 41.9 Å². The summed E-state index contributed by atoms with van der Waals surface area (Å²) in [6.07, 6.45) is 3.93. The number of hydrogen-bond donors (Lipinski definition) is 2. The molecule has 0 radical (unpaired) electrons. The van der Waals surface area contributed by atoms with Crippen LogP contribution in [0.3, 0.4) is 0 Å². The molecule has 1 aromatic heterocycles. The van der Waals surface area contributed by atoms with Crippen molar-refractivity contribution in [2.45, 2.75) is 6.42 Å². The standard InChI is InChI=1S/C12H11N3O2/c1-13-7-3-6-10-14-9-5-2-4-8(12(16)17)11(9)15-10/h2-5,7H,1,6H2,(H,14,15)(H,16,17)/b7-3+. The van der Waals surface area contributed by atoms with Crippen LogP contribution in [-0.2, 0) is 6.42 Å². The molecule has 0 aliphatic carbocycles. The number of rotatable bonds is 4. The lowest BCUT2D eigenvalue weighted by Gasteiger charge is -1.93. The molecule has 0 atom stereocenters. The minimum atomic E-state index is -0.975. The van der Waals surface area contributed by atoms with Gasteiger partial charge in [0.25, 0.3) is 0 Å². The number of aromatic nitrogens is 2. The Labute approximate surface area is 97.5 Å². The van der Waals surface area contributed by atoms with Crippen LogP contribution >= 0.6 is 0 Å². The predicted molar refractivity (Wildman–Crippen MR) is 65.4 cm³/mol. The van der Waals surface area contributed by atoms with Gasteiger partial charge in [0.05, 0.1) is 11.1 Å². The van der Waals surface area contributed by atoms with Gasteiger partial charge in [-0.05, 0) is 18.9 Å². The van der Waals surface area contributed by atoms with E-state index in [-0.39, 0.29) is 5.56 Å². The minimum Gasteiger partial charge on any atom is -0.478 e. The Hall–Kier alpha value is -2.43. The molecule has 86 valence electrons. The van der Waals surface area contributed by atoms with Crippen molar-refractivity contribution in [3.8, 4) is 0 Å². The Bertz CT molecular complexity index is 599. The third kappa shape index (κ3) is 2.23. The van der Waals surface area contributed by atoms with Crippen molar-refractivity contribution in [3.63, 3.8) is 0 Å². The zero-order valence-electron chi connectivity index (χ0n) is 9.05. The van der Waals surface area contributed by atoms with E-state index in [2.05, 4.69) is 21.7 Å². The summed E-state index contributed by atoms with van der Waals surface area (Å²) in [6, 6.07) is 5.03. The zero-order valence-corrected chi connectivity index (χ0v) is 9.05. The number of hydrogen-bond acceptors (Lipinski definition) is 3. The van der Waals surface area contributed by atoms with Gasteiger partial charge < -0.3 is 10.1 Å². The van der Waals surface area contributed by atoms with Crippen molar-refractivity contribution < 1.29 is 9.90 Å². The van der Waals surface area contributed by atoms with Gasteiger partial charge in [0.1, 0.15) is 11.3 Å². The van der Waals surface area contributed by atoms with E-state index in [4.69, 9.17) is 5.11 Å². The van der Waals surface area contributed by atoms with Gasteiger partial charge in [-0.2, -0.15) is 0 Å². The molecule has 0 aliphatic heterocycles. The Kier molecular flexibility index (Phi) is 3.00. The minimum absolute atomic E-state index is 0.204. The summed E-state index contributed by atoms with van der Waals surface area (Å²) in [5.41, 5.74) is 1.41. The van der Waals surface area contributed by atoms with Crippen LogP contribution in [0.15, 0.2) is 35.5 Å². The van der Waals surface area contributed by atoms with Crippen LogP contribution in [0, 0.1) is 0 Å². The number of nitrogens with zero attached hydrogens (tertiary/aromatic N) is 2. The quantitative estimate of drug-likeness (QED) is 0.787. The Balaban J connectivity index is 2.42. The van der Waals surface area contributed by atoms with E-state index >= 15 is 0 Å². The normalized spacial score (nSPS) is 11.1. The molecule has 0 fully saturated rings. The molecule has 5 heteroatoms. The third-order valence-electron chi connectivity index (χ3n) is 2.31. The molecule has 0 saturated carbocycles. The SMILES string of the molecule is C=N/C=C/Cc1nc2c(C(=O)O)cccc2[nH]1. The van der Waals surface area contributed by atoms with Crippen LogP contribution in [0.1, 0.15) is 16.2 Å². The van der Waals surface area contributed by atoms with E-state index in [9.17, 15) is 4.79 Å². The lowest BCUT2D eigenvalue weighted by atomic mass is 10.2. The first-order valence-electron chi connectivity index (χ1n) is 5.04. The van der Waals surface area contributed by atoms with Gasteiger partial charge in [-0.1, -0.05) is 12.1 Å². The molecule has 0 saturated heterocycles. The van der Waals surface area contributed by atoms with Gasteiger partial charge >= 0.3 is 5.97 Å². The molecule has 1 aromatic carbocycles. The maximum Gasteiger partial charge on any atom is 0.337 e. The van der Waals surface area contributed by atoms with Crippen molar-refractivity contribution in [1.82, 2.24) is 9.97 Å². The van der Waals surface area contributed by atoms with Gasteiger partial charge in [0, 0.05) is 12.6 Å². The molecule has 0 unspecified atom stereocenters. The fourth-order valence-electron chi connectivity index (χ4n) is 1.59. The largest absolute Gasteiger partial charge is 0.478 e. The highest BCUT2D eigenvalue weighted by Gasteiger charge is 2.11. The average molecular weight is 229 g/mol. The number of imidazole rings is 1. The molecular weight excluding hydrogens is 218 g/mol. The number of H-pyrrole nitrogens is 1. The summed E-state index contributed by atoms with van der Waals surface area (Å²) < 4.78 is 0. The maximum atomic E-state index is 11.0. The summed E-state index contributed by atoms with van der Waals surface area (Å²) in [5, 5.41) is 9.02. The van der Waals surface area contributed by atoms with Crippen LogP contribution in [0.25, 0.3) is 11.0 Å². The van der Waals surface area contributed by atoms with E-state index in [0.717, 1.165) is 5.52 Å². The molecule has 2 N–H and O–H groups in total. The van der Waals surface area contributed by atoms with E-state index in [1.54, 1.807) is 24.4 Å². The molecule has 0 aliphatic rings. The number of carbonyl (C=O) groups is 1. The number of nitrogens with one attached hydrogen (secondary N) is 1. The van der Waals surface area contributed by atoms with Crippen molar-refractivity contribution in [2.75, 3.05) is 0 Å². The Morgan fingerprint density at radius 2 is 2.41 bits per heavy atom. The molecule has 0 amide bonds. The van der Waals surface area contributed by atoms with Crippen LogP contribution in [-0.4, -0.2) is 27.8 Å². The van der Waals surface area contributed by atoms with E-state index in [1.807, 2.05) is 0 Å². The second-order valence-corrected chi connectivity index (χ2v) is 3.46. The highest BCUT2D eigenvalue weighted by atomic mass is 16.4. The number of aromatic amines is 1. The number of benzene rings is 1. The fourth-order valence-corrected chi connectivity index (χ4v) is 1.59. The first kappa shape index (κ1) is 11.1. The van der Waals surface area contributed by atoms with E-state index < -0.39 is 5.97 Å². The van der Waals surface area contributed by atoms with Gasteiger partial charge in [0.15, 0.2) is 0 Å². The topological polar surface area (TPSA) is 78.3 Å². The number of carboxylic acid groups (broad SMARTS) is 1. The fraction of sp³-hybridized carbons (Fsp3) is 0.0833. The molecule has 2 aromatic rings. The van der Waals surface area contributed by atoms with Gasteiger partial charge in [-0.15, -0.1) is 0 Å². The van der Waals surface area contributed by atoms with Crippen LogP contribution in [0.5, 0.6) is 0 Å². The summed E-state index contributed by atoms with van der Waals surface area (Å²) in [5.74, 6) is -0.273. The number of fused-ring (bicyclic) bond motifs is 1. The van der Waals surface area contributed by atoms with E-state index in [0.29, 0.717) is 17.8 Å². The van der Waals surface area contributed by atoms with Crippen molar-refractivity contribution in [2.24, 2.45) is 4.99 Å². The number of allylic oxidation sites excluding steroid dienone is 1. The third-order valence-corrected chi connectivity index (χ3v) is 2.31. The highest BCUT2D eigenvalue weighted by Crippen LogP contribution is 2.16. The molecule has 2 rings (SSSR count). The van der Waals surface area contributed by atoms with Crippen molar-refractivity contribution >= 4 is 23.7 Å². The summed E-state index contributed by atoms with van der Waals surface area (Å²) in [4.78, 5) is 21.9.